The summed E-state index contributed by atoms with van der Waals surface area (Å²) in [7, 11) is -0.277. The molecular formula is C17H20ClN3O6S. The molecule has 0 aliphatic carbocycles. The summed E-state index contributed by atoms with van der Waals surface area (Å²) in [5, 5.41) is 8.25. The standard InChI is InChI=1S/C17H20ClN3O6S/c1-26-14-8-15(27-2)13(7-11(14)18)19-17(23)12-3-4-16(22)21(20-12)10-5-6-28(24,25)9-10/h7-8,10H,3-6,9H2,1-2H3,(H,19,23)/t10-/m0/s1. The summed E-state index contributed by atoms with van der Waals surface area (Å²) >= 11 is 6.11. The third kappa shape index (κ3) is 4.22. The molecule has 2 aliphatic heterocycles. The lowest BCUT2D eigenvalue weighted by molar-refractivity contribution is -0.133. The maximum absolute atomic E-state index is 12.7. The van der Waals surface area contributed by atoms with Crippen molar-refractivity contribution in [3.8, 4) is 11.5 Å². The molecule has 1 saturated heterocycles. The zero-order chi connectivity index (χ0) is 20.5. The molecule has 0 saturated carbocycles. The first-order valence-electron chi connectivity index (χ1n) is 8.57. The Hall–Kier alpha value is -2.33. The van der Waals surface area contributed by atoms with E-state index in [9.17, 15) is 18.0 Å². The molecule has 0 unspecified atom stereocenters. The number of hydrogen-bond donors (Lipinski definition) is 1. The highest BCUT2D eigenvalue weighted by molar-refractivity contribution is 7.91. The lowest BCUT2D eigenvalue weighted by atomic mass is 10.1. The number of methoxy groups -OCH3 is 2. The lowest BCUT2D eigenvalue weighted by Gasteiger charge is -2.27. The number of halogens is 1. The van der Waals surface area contributed by atoms with Crippen molar-refractivity contribution in [3.05, 3.63) is 17.2 Å². The Labute approximate surface area is 167 Å². The van der Waals surface area contributed by atoms with Gasteiger partial charge >= 0.3 is 0 Å². The molecule has 2 aliphatic rings. The van der Waals surface area contributed by atoms with Gasteiger partial charge < -0.3 is 14.8 Å². The van der Waals surface area contributed by atoms with Crippen molar-refractivity contribution in [2.45, 2.75) is 25.3 Å². The third-order valence-electron chi connectivity index (χ3n) is 4.60. The molecule has 11 heteroatoms. The summed E-state index contributed by atoms with van der Waals surface area (Å²) in [5.74, 6) is -0.188. The first kappa shape index (κ1) is 20.4. The Balaban J connectivity index is 1.81. The number of ether oxygens (including phenoxy) is 2. The predicted octanol–water partition coefficient (Wildman–Crippen LogP) is 1.46. The van der Waals surface area contributed by atoms with Gasteiger partial charge in [-0.2, -0.15) is 5.10 Å². The van der Waals surface area contributed by atoms with Gasteiger partial charge in [-0.1, -0.05) is 11.6 Å². The second-order valence-electron chi connectivity index (χ2n) is 6.48. The van der Waals surface area contributed by atoms with Crippen molar-refractivity contribution >= 4 is 44.7 Å². The van der Waals surface area contributed by atoms with Crippen molar-refractivity contribution in [1.82, 2.24) is 5.01 Å². The average Bonchev–Trinajstić information content (AvgIpc) is 3.02. The Bertz CT molecular complexity index is 946. The van der Waals surface area contributed by atoms with Gasteiger partial charge in [-0.05, 0) is 12.5 Å². The fraction of sp³-hybridized carbons (Fsp3) is 0.471. The number of sulfone groups is 1. The molecule has 152 valence electrons. The number of carbonyl (C=O) groups is 2. The second-order valence-corrected chi connectivity index (χ2v) is 9.12. The Morgan fingerprint density at radius 3 is 2.57 bits per heavy atom. The summed E-state index contributed by atoms with van der Waals surface area (Å²) < 4.78 is 33.8. The average molecular weight is 430 g/mol. The van der Waals surface area contributed by atoms with Crippen LogP contribution in [0, 0.1) is 0 Å². The molecule has 1 fully saturated rings. The topological polar surface area (TPSA) is 114 Å². The number of anilines is 1. The van der Waals surface area contributed by atoms with Gasteiger partial charge in [0.1, 0.15) is 17.2 Å². The molecule has 0 radical (unpaired) electrons. The molecular weight excluding hydrogens is 410 g/mol. The van der Waals surface area contributed by atoms with E-state index in [1.165, 1.54) is 20.3 Å². The Morgan fingerprint density at radius 1 is 1.25 bits per heavy atom. The van der Waals surface area contributed by atoms with Crippen molar-refractivity contribution in [2.24, 2.45) is 5.10 Å². The summed E-state index contributed by atoms with van der Waals surface area (Å²) in [6.07, 6.45) is 0.560. The number of nitrogens with zero attached hydrogens (tertiary/aromatic N) is 2. The van der Waals surface area contributed by atoms with Crippen molar-refractivity contribution in [3.63, 3.8) is 0 Å². The van der Waals surface area contributed by atoms with Crippen LogP contribution in [0.1, 0.15) is 19.3 Å². The summed E-state index contributed by atoms with van der Waals surface area (Å²) in [6.45, 7) is 0. The quantitative estimate of drug-likeness (QED) is 0.757. The van der Waals surface area contributed by atoms with E-state index < -0.39 is 21.8 Å². The van der Waals surface area contributed by atoms with Gasteiger partial charge in [0.15, 0.2) is 9.84 Å². The van der Waals surface area contributed by atoms with Gasteiger partial charge in [-0.3, -0.25) is 9.59 Å². The van der Waals surface area contributed by atoms with Crippen LogP contribution in [0.5, 0.6) is 11.5 Å². The SMILES string of the molecule is COc1cc(OC)c(NC(=O)C2=NN([C@H]3CCS(=O)(=O)C3)C(=O)CC2)cc1Cl. The van der Waals surface area contributed by atoms with Gasteiger partial charge in [0.25, 0.3) is 5.91 Å². The van der Waals surface area contributed by atoms with Crippen LogP contribution >= 0.6 is 11.6 Å². The van der Waals surface area contributed by atoms with Crippen LogP contribution in [0.25, 0.3) is 0 Å². The largest absolute Gasteiger partial charge is 0.495 e. The molecule has 9 nitrogen and oxygen atoms in total. The minimum atomic E-state index is -3.18. The minimum absolute atomic E-state index is 0.0139. The molecule has 1 N–H and O–H groups in total. The minimum Gasteiger partial charge on any atom is -0.495 e. The number of amides is 2. The highest BCUT2D eigenvalue weighted by atomic mass is 35.5. The van der Waals surface area contributed by atoms with E-state index in [1.54, 1.807) is 6.07 Å². The number of hydrogen-bond acceptors (Lipinski definition) is 7. The van der Waals surface area contributed by atoms with E-state index in [-0.39, 0.29) is 41.0 Å². The number of benzene rings is 1. The number of rotatable bonds is 5. The number of carbonyl (C=O) groups excluding carboxylic acids is 2. The molecule has 0 aromatic heterocycles. The van der Waals surface area contributed by atoms with Gasteiger partial charge in [-0.25, -0.2) is 13.4 Å². The van der Waals surface area contributed by atoms with Crippen molar-refractivity contribution in [1.29, 1.82) is 0 Å². The molecule has 3 rings (SSSR count). The second kappa shape index (κ2) is 7.96. The van der Waals surface area contributed by atoms with E-state index in [4.69, 9.17) is 21.1 Å². The highest BCUT2D eigenvalue weighted by Gasteiger charge is 2.37. The summed E-state index contributed by atoms with van der Waals surface area (Å²) in [6, 6.07) is 2.50. The molecule has 1 atom stereocenters. The summed E-state index contributed by atoms with van der Waals surface area (Å²) in [5.41, 5.74) is 0.464. The fourth-order valence-corrected chi connectivity index (χ4v) is 5.07. The molecule has 1 aromatic carbocycles. The molecule has 28 heavy (non-hydrogen) atoms. The Morgan fingerprint density at radius 2 is 1.96 bits per heavy atom. The molecule has 2 heterocycles. The van der Waals surface area contributed by atoms with Crippen LogP contribution in [-0.4, -0.2) is 62.7 Å². The first-order chi connectivity index (χ1) is 13.2. The van der Waals surface area contributed by atoms with E-state index in [0.29, 0.717) is 23.6 Å². The Kier molecular flexibility index (Phi) is 5.80. The van der Waals surface area contributed by atoms with Crippen molar-refractivity contribution < 1.29 is 27.5 Å². The smallest absolute Gasteiger partial charge is 0.271 e. The van der Waals surface area contributed by atoms with Crippen LogP contribution in [-0.2, 0) is 19.4 Å². The van der Waals surface area contributed by atoms with Gasteiger partial charge in [0, 0.05) is 18.9 Å². The van der Waals surface area contributed by atoms with E-state index >= 15 is 0 Å². The molecule has 0 bridgehead atoms. The van der Waals surface area contributed by atoms with Crippen LogP contribution in [0.15, 0.2) is 17.2 Å². The fourth-order valence-electron chi connectivity index (χ4n) is 3.14. The monoisotopic (exact) mass is 429 g/mol. The van der Waals surface area contributed by atoms with Crippen LogP contribution in [0.4, 0.5) is 5.69 Å². The van der Waals surface area contributed by atoms with Gasteiger partial charge in [-0.15, -0.1) is 0 Å². The van der Waals surface area contributed by atoms with E-state index in [1.807, 2.05) is 0 Å². The predicted molar refractivity (Wildman–Crippen MR) is 104 cm³/mol. The molecule has 1 aromatic rings. The van der Waals surface area contributed by atoms with Gasteiger partial charge in [0.05, 0.1) is 42.5 Å². The molecule has 0 spiro atoms. The lowest BCUT2D eigenvalue weighted by Crippen LogP contribution is -2.42. The zero-order valence-corrected chi connectivity index (χ0v) is 17.0. The maximum Gasteiger partial charge on any atom is 0.271 e. The van der Waals surface area contributed by atoms with Gasteiger partial charge in [0.2, 0.25) is 5.91 Å². The summed E-state index contributed by atoms with van der Waals surface area (Å²) in [4.78, 5) is 24.8. The van der Waals surface area contributed by atoms with Crippen LogP contribution in [0.2, 0.25) is 5.02 Å². The molecule has 2 amide bonds. The normalized spacial score (nSPS) is 21.2. The third-order valence-corrected chi connectivity index (χ3v) is 6.64. The van der Waals surface area contributed by atoms with Crippen LogP contribution < -0.4 is 14.8 Å². The maximum atomic E-state index is 12.7. The van der Waals surface area contributed by atoms with E-state index in [0.717, 1.165) is 5.01 Å². The van der Waals surface area contributed by atoms with Crippen LogP contribution in [0.3, 0.4) is 0 Å². The zero-order valence-electron chi connectivity index (χ0n) is 15.4. The number of hydrazone groups is 1. The van der Waals surface area contributed by atoms with Crippen molar-refractivity contribution in [2.75, 3.05) is 31.0 Å². The van der Waals surface area contributed by atoms with E-state index in [2.05, 4.69) is 10.4 Å². The highest BCUT2D eigenvalue weighted by Crippen LogP contribution is 2.36. The first-order valence-corrected chi connectivity index (χ1v) is 10.8. The number of nitrogens with one attached hydrogen (secondary N) is 1.